The van der Waals surface area contributed by atoms with Gasteiger partial charge in [-0.15, -0.1) is 0 Å². The second-order valence-corrected chi connectivity index (χ2v) is 4.15. The van der Waals surface area contributed by atoms with Crippen LogP contribution in [0.1, 0.15) is 17.4 Å². The number of aromatic nitrogens is 2. The van der Waals surface area contributed by atoms with Gasteiger partial charge in [-0.1, -0.05) is 12.1 Å². The van der Waals surface area contributed by atoms with E-state index in [2.05, 4.69) is 15.5 Å². The number of halogens is 1. The Morgan fingerprint density at radius 3 is 2.76 bits per heavy atom. The fourth-order valence-electron chi connectivity index (χ4n) is 1.51. The number of rotatable bonds is 5. The fourth-order valence-corrected chi connectivity index (χ4v) is 1.51. The summed E-state index contributed by atoms with van der Waals surface area (Å²) in [5.41, 5.74) is -0.159. The van der Waals surface area contributed by atoms with Crippen molar-refractivity contribution in [2.45, 2.75) is 13.0 Å². The molecule has 1 heterocycles. The first-order chi connectivity index (χ1) is 9.97. The zero-order valence-corrected chi connectivity index (χ0v) is 11.0. The highest BCUT2D eigenvalue weighted by molar-refractivity contribution is 5.94. The molecule has 0 saturated heterocycles. The lowest BCUT2D eigenvalue weighted by atomic mass is 10.3. The second kappa shape index (κ2) is 6.04. The number of anilines is 1. The van der Waals surface area contributed by atoms with Gasteiger partial charge in [0.15, 0.2) is 23.5 Å². The van der Waals surface area contributed by atoms with Crippen LogP contribution < -0.4 is 10.1 Å². The van der Waals surface area contributed by atoms with E-state index in [1.807, 2.05) is 0 Å². The number of H-pyrrole nitrogens is 1. The first-order valence-electron chi connectivity index (χ1n) is 5.98. The highest BCUT2D eigenvalue weighted by Crippen LogP contribution is 2.17. The zero-order chi connectivity index (χ0) is 15.4. The van der Waals surface area contributed by atoms with E-state index in [9.17, 15) is 14.0 Å². The van der Waals surface area contributed by atoms with Crippen molar-refractivity contribution < 1.29 is 23.8 Å². The monoisotopic (exact) mass is 293 g/mol. The Kier molecular flexibility index (Phi) is 4.17. The van der Waals surface area contributed by atoms with Crippen molar-refractivity contribution in [2.75, 3.05) is 5.32 Å². The Morgan fingerprint density at radius 1 is 1.43 bits per heavy atom. The van der Waals surface area contributed by atoms with Crippen molar-refractivity contribution in [2.24, 2.45) is 0 Å². The molecule has 1 amide bonds. The van der Waals surface area contributed by atoms with Crippen LogP contribution in [0.2, 0.25) is 0 Å². The zero-order valence-electron chi connectivity index (χ0n) is 11.0. The van der Waals surface area contributed by atoms with E-state index in [1.54, 1.807) is 6.07 Å². The number of nitrogens with one attached hydrogen (secondary N) is 2. The van der Waals surface area contributed by atoms with Gasteiger partial charge < -0.3 is 15.2 Å². The van der Waals surface area contributed by atoms with E-state index in [0.29, 0.717) is 0 Å². The Morgan fingerprint density at radius 2 is 2.14 bits per heavy atom. The van der Waals surface area contributed by atoms with Crippen molar-refractivity contribution in [3.63, 3.8) is 0 Å². The number of hydrogen-bond acceptors (Lipinski definition) is 4. The molecule has 7 nitrogen and oxygen atoms in total. The Hall–Kier alpha value is -2.90. The van der Waals surface area contributed by atoms with Crippen LogP contribution in [0.3, 0.4) is 0 Å². The number of aromatic carboxylic acids is 1. The van der Waals surface area contributed by atoms with E-state index in [0.717, 1.165) is 6.07 Å². The molecule has 2 rings (SSSR count). The van der Waals surface area contributed by atoms with Crippen LogP contribution in [0.15, 0.2) is 30.3 Å². The van der Waals surface area contributed by atoms with Gasteiger partial charge in [0.1, 0.15) is 5.69 Å². The molecule has 1 unspecified atom stereocenters. The predicted molar refractivity (Wildman–Crippen MR) is 70.7 cm³/mol. The smallest absolute Gasteiger partial charge is 0.353 e. The molecule has 21 heavy (non-hydrogen) atoms. The molecule has 0 fully saturated rings. The largest absolute Gasteiger partial charge is 0.478 e. The number of ether oxygens (including phenoxy) is 1. The van der Waals surface area contributed by atoms with E-state index in [-0.39, 0.29) is 17.3 Å². The number of carbonyl (C=O) groups excluding carboxylic acids is 1. The first-order valence-corrected chi connectivity index (χ1v) is 5.98. The number of benzene rings is 1. The van der Waals surface area contributed by atoms with Crippen molar-refractivity contribution in [3.8, 4) is 5.75 Å². The van der Waals surface area contributed by atoms with Crippen molar-refractivity contribution in [3.05, 3.63) is 41.8 Å². The summed E-state index contributed by atoms with van der Waals surface area (Å²) in [6, 6.07) is 6.86. The van der Waals surface area contributed by atoms with Crippen molar-refractivity contribution in [1.82, 2.24) is 10.2 Å². The van der Waals surface area contributed by atoms with Gasteiger partial charge in [-0.3, -0.25) is 9.89 Å². The molecule has 0 aliphatic heterocycles. The molecule has 1 aromatic carbocycles. The molecule has 0 spiro atoms. The predicted octanol–water partition coefficient (Wildman–Crippen LogP) is 1.65. The van der Waals surface area contributed by atoms with Crippen LogP contribution >= 0.6 is 0 Å². The highest BCUT2D eigenvalue weighted by atomic mass is 19.1. The summed E-state index contributed by atoms with van der Waals surface area (Å²) < 4.78 is 18.6. The van der Waals surface area contributed by atoms with E-state index >= 15 is 0 Å². The van der Waals surface area contributed by atoms with Gasteiger partial charge in [-0.25, -0.2) is 9.18 Å². The van der Waals surface area contributed by atoms with Crippen LogP contribution in [-0.2, 0) is 4.79 Å². The number of para-hydroxylation sites is 1. The summed E-state index contributed by atoms with van der Waals surface area (Å²) in [5.74, 6) is -2.36. The van der Waals surface area contributed by atoms with Gasteiger partial charge in [-0.2, -0.15) is 5.10 Å². The Labute approximate surface area is 118 Å². The molecule has 0 saturated carbocycles. The normalized spacial score (nSPS) is 11.7. The third kappa shape index (κ3) is 3.56. The molecule has 8 heteroatoms. The molecular formula is C13H12FN3O4. The topological polar surface area (TPSA) is 104 Å². The van der Waals surface area contributed by atoms with Crippen molar-refractivity contribution >= 4 is 17.7 Å². The minimum absolute atomic E-state index is 0.0429. The summed E-state index contributed by atoms with van der Waals surface area (Å²) in [7, 11) is 0. The number of hydrogen-bond donors (Lipinski definition) is 3. The number of carboxylic acids is 1. The maximum atomic E-state index is 13.4. The summed E-state index contributed by atoms with van der Waals surface area (Å²) in [6.07, 6.45) is -0.980. The van der Waals surface area contributed by atoms with Crippen LogP contribution in [0.5, 0.6) is 5.75 Å². The SMILES string of the molecule is CC(Oc1ccccc1F)C(=O)Nc1cc(C(=O)O)[nH]n1. The molecule has 0 bridgehead atoms. The first kappa shape index (κ1) is 14.5. The van der Waals surface area contributed by atoms with Gasteiger partial charge >= 0.3 is 5.97 Å². The minimum atomic E-state index is -1.20. The van der Waals surface area contributed by atoms with E-state index < -0.39 is 23.8 Å². The highest BCUT2D eigenvalue weighted by Gasteiger charge is 2.18. The summed E-state index contributed by atoms with van der Waals surface area (Å²) in [5, 5.41) is 16.9. The number of carboxylic acid groups (broad SMARTS) is 1. The molecule has 0 aliphatic carbocycles. The third-order valence-corrected chi connectivity index (χ3v) is 2.57. The van der Waals surface area contributed by atoms with Crippen molar-refractivity contribution in [1.29, 1.82) is 0 Å². The number of amides is 1. The number of nitrogens with zero attached hydrogens (tertiary/aromatic N) is 1. The molecule has 110 valence electrons. The Bertz CT molecular complexity index is 671. The summed E-state index contributed by atoms with van der Waals surface area (Å²) in [4.78, 5) is 22.5. The lowest BCUT2D eigenvalue weighted by molar-refractivity contribution is -0.122. The summed E-state index contributed by atoms with van der Waals surface area (Å²) >= 11 is 0. The minimum Gasteiger partial charge on any atom is -0.478 e. The molecule has 0 radical (unpaired) electrons. The molecule has 1 atom stereocenters. The molecular weight excluding hydrogens is 281 g/mol. The van der Waals surface area contributed by atoms with E-state index in [4.69, 9.17) is 9.84 Å². The van der Waals surface area contributed by atoms with Gasteiger partial charge in [0.2, 0.25) is 0 Å². The fraction of sp³-hybridized carbons (Fsp3) is 0.154. The molecule has 2 aromatic rings. The lowest BCUT2D eigenvalue weighted by Crippen LogP contribution is -2.30. The lowest BCUT2D eigenvalue weighted by Gasteiger charge is -2.14. The number of aromatic amines is 1. The molecule has 0 aliphatic rings. The Balaban J connectivity index is 1.99. The van der Waals surface area contributed by atoms with Gasteiger partial charge in [0.25, 0.3) is 5.91 Å². The van der Waals surface area contributed by atoms with E-state index in [1.165, 1.54) is 25.1 Å². The van der Waals surface area contributed by atoms with Gasteiger partial charge in [0, 0.05) is 6.07 Å². The van der Waals surface area contributed by atoms with Gasteiger partial charge in [-0.05, 0) is 19.1 Å². The second-order valence-electron chi connectivity index (χ2n) is 4.15. The molecule has 1 aromatic heterocycles. The maximum absolute atomic E-state index is 13.4. The third-order valence-electron chi connectivity index (χ3n) is 2.57. The summed E-state index contributed by atoms with van der Waals surface area (Å²) in [6.45, 7) is 1.44. The van der Waals surface area contributed by atoms with Crippen LogP contribution in [0, 0.1) is 5.82 Å². The average molecular weight is 293 g/mol. The number of carbonyl (C=O) groups is 2. The van der Waals surface area contributed by atoms with Crippen LogP contribution in [0.25, 0.3) is 0 Å². The standard InChI is InChI=1S/C13H12FN3O4/c1-7(21-10-5-3-2-4-8(10)14)12(18)15-11-6-9(13(19)20)16-17-11/h2-7H,1H3,(H,19,20)(H2,15,16,17,18). The van der Waals surface area contributed by atoms with Crippen LogP contribution in [-0.4, -0.2) is 33.3 Å². The van der Waals surface area contributed by atoms with Gasteiger partial charge in [0.05, 0.1) is 0 Å². The quantitative estimate of drug-likeness (QED) is 0.777. The van der Waals surface area contributed by atoms with Crippen LogP contribution in [0.4, 0.5) is 10.2 Å². The maximum Gasteiger partial charge on any atom is 0.353 e. The molecule has 3 N–H and O–H groups in total. The average Bonchev–Trinajstić information content (AvgIpc) is 2.90.